The fourth-order valence-electron chi connectivity index (χ4n) is 3.26. The molecule has 20 heavy (non-hydrogen) atoms. The molecule has 1 aromatic carbocycles. The van der Waals surface area contributed by atoms with E-state index in [9.17, 15) is 9.50 Å². The van der Waals surface area contributed by atoms with E-state index in [1.807, 2.05) is 19.2 Å². The van der Waals surface area contributed by atoms with Crippen molar-refractivity contribution in [3.05, 3.63) is 35.6 Å². The molecule has 0 bridgehead atoms. The molecule has 0 radical (unpaired) electrons. The Bertz CT molecular complexity index is 437. The van der Waals surface area contributed by atoms with Crippen LogP contribution in [0.1, 0.15) is 50.5 Å². The Labute approximate surface area is 121 Å². The zero-order chi connectivity index (χ0) is 14.6. The minimum Gasteiger partial charge on any atom is -0.389 e. The molecule has 1 aromatic rings. The number of hydrogen-bond acceptors (Lipinski definition) is 2. The highest BCUT2D eigenvalue weighted by molar-refractivity contribution is 5.26. The third-order valence-electron chi connectivity index (χ3n) is 4.56. The number of rotatable bonds is 5. The Morgan fingerprint density at radius 2 is 2.10 bits per heavy atom. The van der Waals surface area contributed by atoms with Gasteiger partial charge in [-0.3, -0.25) is 0 Å². The molecular formula is C17H26FNO. The maximum absolute atomic E-state index is 14.1. The van der Waals surface area contributed by atoms with Crippen LogP contribution in [0, 0.1) is 5.82 Å². The van der Waals surface area contributed by atoms with Crippen molar-refractivity contribution in [2.75, 3.05) is 20.1 Å². The van der Waals surface area contributed by atoms with E-state index in [1.165, 1.54) is 6.07 Å². The summed E-state index contributed by atoms with van der Waals surface area (Å²) in [5, 5.41) is 11.1. The lowest BCUT2D eigenvalue weighted by molar-refractivity contribution is -0.0454. The van der Waals surface area contributed by atoms with Crippen molar-refractivity contribution in [3.63, 3.8) is 0 Å². The molecule has 1 heterocycles. The lowest BCUT2D eigenvalue weighted by Gasteiger charge is -2.44. The molecule has 2 unspecified atom stereocenters. The minimum absolute atomic E-state index is 0.126. The van der Waals surface area contributed by atoms with E-state index in [0.29, 0.717) is 5.56 Å². The monoisotopic (exact) mass is 279 g/mol. The molecule has 0 saturated carbocycles. The second kappa shape index (κ2) is 6.68. The highest BCUT2D eigenvalue weighted by Gasteiger charge is 2.41. The van der Waals surface area contributed by atoms with Gasteiger partial charge >= 0.3 is 0 Å². The average Bonchev–Trinajstić information content (AvgIpc) is 2.43. The molecule has 112 valence electrons. The van der Waals surface area contributed by atoms with Crippen LogP contribution in [0.2, 0.25) is 0 Å². The predicted molar refractivity (Wildman–Crippen MR) is 80.3 cm³/mol. The fourth-order valence-corrected chi connectivity index (χ4v) is 3.26. The molecule has 1 fully saturated rings. The first-order valence-electron chi connectivity index (χ1n) is 7.72. The van der Waals surface area contributed by atoms with Crippen molar-refractivity contribution >= 4 is 0 Å². The average molecular weight is 279 g/mol. The summed E-state index contributed by atoms with van der Waals surface area (Å²) in [5.41, 5.74) is -0.0952. The number of halogens is 1. The summed E-state index contributed by atoms with van der Waals surface area (Å²) in [6, 6.07) is 6.89. The summed E-state index contributed by atoms with van der Waals surface area (Å²) in [5.74, 6) is -0.318. The molecular weight excluding hydrogens is 253 g/mol. The molecule has 0 aromatic heterocycles. The Morgan fingerprint density at radius 3 is 2.80 bits per heavy atom. The van der Waals surface area contributed by atoms with E-state index in [0.717, 1.165) is 45.2 Å². The SMILES string of the molecule is CCCCCC1(O)CCN(C)CC1c1ccccc1F. The highest BCUT2D eigenvalue weighted by Crippen LogP contribution is 2.39. The molecule has 3 heteroatoms. The van der Waals surface area contributed by atoms with Crippen LogP contribution < -0.4 is 0 Å². The number of nitrogens with zero attached hydrogens (tertiary/aromatic N) is 1. The van der Waals surface area contributed by atoms with Crippen molar-refractivity contribution in [3.8, 4) is 0 Å². The van der Waals surface area contributed by atoms with Gasteiger partial charge in [-0.2, -0.15) is 0 Å². The summed E-state index contributed by atoms with van der Waals surface area (Å²) in [6.45, 7) is 3.77. The molecule has 2 atom stereocenters. The van der Waals surface area contributed by atoms with Crippen molar-refractivity contribution < 1.29 is 9.50 Å². The van der Waals surface area contributed by atoms with Gasteiger partial charge in [-0.25, -0.2) is 4.39 Å². The van der Waals surface area contributed by atoms with Crippen LogP contribution in [0.5, 0.6) is 0 Å². The largest absolute Gasteiger partial charge is 0.389 e. The third kappa shape index (κ3) is 3.39. The van der Waals surface area contributed by atoms with Crippen molar-refractivity contribution in [1.29, 1.82) is 0 Å². The van der Waals surface area contributed by atoms with Crippen molar-refractivity contribution in [2.45, 2.75) is 50.5 Å². The summed E-state index contributed by atoms with van der Waals surface area (Å²) in [6.07, 6.45) is 4.78. The summed E-state index contributed by atoms with van der Waals surface area (Å²) >= 11 is 0. The lowest BCUT2D eigenvalue weighted by Crippen LogP contribution is -2.49. The van der Waals surface area contributed by atoms with Gasteiger partial charge in [0.25, 0.3) is 0 Å². The first kappa shape index (κ1) is 15.5. The number of hydrogen-bond donors (Lipinski definition) is 1. The van der Waals surface area contributed by atoms with Gasteiger partial charge in [-0.05, 0) is 31.5 Å². The van der Waals surface area contributed by atoms with Gasteiger partial charge in [0.05, 0.1) is 5.60 Å². The Balaban J connectivity index is 2.22. The van der Waals surface area contributed by atoms with Crippen LogP contribution in [-0.4, -0.2) is 35.7 Å². The zero-order valence-corrected chi connectivity index (χ0v) is 12.6. The van der Waals surface area contributed by atoms with Crippen LogP contribution in [0.4, 0.5) is 4.39 Å². The van der Waals surface area contributed by atoms with Gasteiger partial charge in [-0.15, -0.1) is 0 Å². The minimum atomic E-state index is -0.760. The summed E-state index contributed by atoms with van der Waals surface area (Å²) in [7, 11) is 2.04. The number of likely N-dealkylation sites (tertiary alicyclic amines) is 1. The maximum atomic E-state index is 14.1. The van der Waals surface area contributed by atoms with Crippen LogP contribution in [-0.2, 0) is 0 Å². The van der Waals surface area contributed by atoms with Crippen LogP contribution >= 0.6 is 0 Å². The maximum Gasteiger partial charge on any atom is 0.126 e. The van der Waals surface area contributed by atoms with Crippen molar-refractivity contribution in [1.82, 2.24) is 4.90 Å². The molecule has 0 spiro atoms. The van der Waals surface area contributed by atoms with Gasteiger partial charge < -0.3 is 10.0 Å². The van der Waals surface area contributed by atoms with Gasteiger partial charge in [0, 0.05) is 19.0 Å². The molecule has 1 aliphatic rings. The van der Waals surface area contributed by atoms with Gasteiger partial charge in [0.15, 0.2) is 0 Å². The molecule has 0 aliphatic carbocycles. The number of likely N-dealkylation sites (N-methyl/N-ethyl adjacent to an activating group) is 1. The van der Waals surface area contributed by atoms with Gasteiger partial charge in [0.1, 0.15) is 5.82 Å². The number of aliphatic hydroxyl groups is 1. The van der Waals surface area contributed by atoms with E-state index in [1.54, 1.807) is 6.07 Å². The van der Waals surface area contributed by atoms with E-state index in [-0.39, 0.29) is 11.7 Å². The molecule has 1 aliphatic heterocycles. The third-order valence-corrected chi connectivity index (χ3v) is 4.56. The van der Waals surface area contributed by atoms with E-state index >= 15 is 0 Å². The molecule has 2 rings (SSSR count). The molecule has 1 saturated heterocycles. The first-order valence-corrected chi connectivity index (χ1v) is 7.72. The van der Waals surface area contributed by atoms with E-state index in [4.69, 9.17) is 0 Å². The van der Waals surface area contributed by atoms with Gasteiger partial charge in [-0.1, -0.05) is 44.4 Å². The number of piperidine rings is 1. The van der Waals surface area contributed by atoms with E-state index in [2.05, 4.69) is 11.8 Å². The summed E-state index contributed by atoms with van der Waals surface area (Å²) in [4.78, 5) is 2.19. The van der Waals surface area contributed by atoms with Crippen LogP contribution in [0.3, 0.4) is 0 Å². The number of benzene rings is 1. The second-order valence-electron chi connectivity index (χ2n) is 6.15. The molecule has 2 nitrogen and oxygen atoms in total. The lowest BCUT2D eigenvalue weighted by atomic mass is 9.74. The topological polar surface area (TPSA) is 23.5 Å². The Kier molecular flexibility index (Phi) is 5.17. The van der Waals surface area contributed by atoms with Crippen LogP contribution in [0.15, 0.2) is 24.3 Å². The van der Waals surface area contributed by atoms with Crippen LogP contribution in [0.25, 0.3) is 0 Å². The second-order valence-corrected chi connectivity index (χ2v) is 6.15. The standard InChI is InChI=1S/C17H26FNO/c1-3-4-7-10-17(20)11-12-19(2)13-15(17)14-8-5-6-9-16(14)18/h5-6,8-9,15,20H,3-4,7,10-13H2,1-2H3. The quantitative estimate of drug-likeness (QED) is 0.833. The first-order chi connectivity index (χ1) is 9.57. The predicted octanol–water partition coefficient (Wildman–Crippen LogP) is 3.56. The molecule has 1 N–H and O–H groups in total. The Morgan fingerprint density at radius 1 is 1.35 bits per heavy atom. The van der Waals surface area contributed by atoms with E-state index < -0.39 is 5.60 Å². The molecule has 0 amide bonds. The highest BCUT2D eigenvalue weighted by atomic mass is 19.1. The fraction of sp³-hybridized carbons (Fsp3) is 0.647. The number of unbranched alkanes of at least 4 members (excludes halogenated alkanes) is 2. The smallest absolute Gasteiger partial charge is 0.126 e. The normalized spacial score (nSPS) is 27.7. The Hall–Kier alpha value is -0.930. The van der Waals surface area contributed by atoms with Crippen molar-refractivity contribution in [2.24, 2.45) is 0 Å². The summed E-state index contributed by atoms with van der Waals surface area (Å²) < 4.78 is 14.1. The van der Waals surface area contributed by atoms with Gasteiger partial charge in [0.2, 0.25) is 0 Å². The zero-order valence-electron chi connectivity index (χ0n) is 12.6.